The molecule has 1 aliphatic rings. The minimum absolute atomic E-state index is 0.0899. The van der Waals surface area contributed by atoms with Gasteiger partial charge in [0.2, 0.25) is 5.91 Å². The van der Waals surface area contributed by atoms with Crippen LogP contribution in [0.25, 0.3) is 0 Å². The third-order valence-corrected chi connectivity index (χ3v) is 3.29. The first-order valence-electron chi connectivity index (χ1n) is 6.62. The number of hydrogen-bond donors (Lipinski definition) is 2. The Labute approximate surface area is 117 Å². The largest absolute Gasteiger partial charge is 0.356 e. The zero-order chi connectivity index (χ0) is 14.5. The van der Waals surface area contributed by atoms with Crippen LogP contribution in [-0.4, -0.2) is 38.1 Å². The first-order chi connectivity index (χ1) is 9.67. The predicted octanol–water partition coefficient (Wildman–Crippen LogP) is 0.612. The quantitative estimate of drug-likeness (QED) is 0.849. The van der Waals surface area contributed by atoms with E-state index in [-0.39, 0.29) is 17.5 Å². The molecule has 5 nitrogen and oxygen atoms in total. The van der Waals surface area contributed by atoms with Crippen LogP contribution in [0.5, 0.6) is 0 Å². The molecule has 6 heteroatoms. The number of anilines is 1. The van der Waals surface area contributed by atoms with Crippen molar-refractivity contribution >= 4 is 11.6 Å². The average molecular weight is 276 g/mol. The van der Waals surface area contributed by atoms with E-state index in [4.69, 9.17) is 5.26 Å². The van der Waals surface area contributed by atoms with Crippen molar-refractivity contribution in [2.75, 3.05) is 31.1 Å². The summed E-state index contributed by atoms with van der Waals surface area (Å²) in [6.45, 7) is 4.24. The molecule has 2 N–H and O–H groups in total. The fraction of sp³-hybridized carbons (Fsp3) is 0.429. The van der Waals surface area contributed by atoms with Gasteiger partial charge in [0.25, 0.3) is 0 Å². The fourth-order valence-electron chi connectivity index (χ4n) is 2.37. The number of likely N-dealkylation sites (N-methyl/N-ethyl adjacent to an activating group) is 1. The molecule has 20 heavy (non-hydrogen) atoms. The van der Waals surface area contributed by atoms with Gasteiger partial charge in [0.05, 0.1) is 11.3 Å². The molecule has 1 saturated heterocycles. The number of nitriles is 1. The van der Waals surface area contributed by atoms with Crippen LogP contribution in [0.15, 0.2) is 18.2 Å². The van der Waals surface area contributed by atoms with E-state index < -0.39 is 5.82 Å². The molecule has 0 aliphatic carbocycles. The molecule has 0 spiro atoms. The summed E-state index contributed by atoms with van der Waals surface area (Å²) in [5.41, 5.74) is 0.854. The normalized spacial score (nSPS) is 18.4. The summed E-state index contributed by atoms with van der Waals surface area (Å²) in [4.78, 5) is 14.0. The van der Waals surface area contributed by atoms with Crippen LogP contribution >= 0.6 is 0 Å². The van der Waals surface area contributed by atoms with Crippen molar-refractivity contribution < 1.29 is 9.18 Å². The molecule has 1 fully saturated rings. The maximum Gasteiger partial charge on any atom is 0.244 e. The van der Waals surface area contributed by atoms with E-state index >= 15 is 0 Å². The number of benzene rings is 1. The summed E-state index contributed by atoms with van der Waals surface area (Å²) in [5.74, 6) is -0.539. The van der Waals surface area contributed by atoms with Gasteiger partial charge in [-0.2, -0.15) is 5.26 Å². The average Bonchev–Trinajstić information content (AvgIpc) is 2.47. The lowest BCUT2D eigenvalue weighted by molar-refractivity contribution is -0.122. The van der Waals surface area contributed by atoms with Crippen molar-refractivity contribution in [2.45, 2.75) is 13.0 Å². The number of carbonyl (C=O) groups is 1. The zero-order valence-electron chi connectivity index (χ0n) is 11.3. The molecule has 1 aromatic carbocycles. The van der Waals surface area contributed by atoms with Crippen molar-refractivity contribution in [2.24, 2.45) is 0 Å². The lowest BCUT2D eigenvalue weighted by Crippen LogP contribution is -2.58. The second kappa shape index (κ2) is 6.35. The Balaban J connectivity index is 2.33. The van der Waals surface area contributed by atoms with E-state index in [0.717, 1.165) is 6.54 Å². The summed E-state index contributed by atoms with van der Waals surface area (Å²) >= 11 is 0. The third-order valence-electron chi connectivity index (χ3n) is 3.29. The van der Waals surface area contributed by atoms with E-state index in [0.29, 0.717) is 25.3 Å². The van der Waals surface area contributed by atoms with Crippen LogP contribution in [0.1, 0.15) is 12.5 Å². The number of piperazine rings is 1. The van der Waals surface area contributed by atoms with E-state index in [9.17, 15) is 9.18 Å². The summed E-state index contributed by atoms with van der Waals surface area (Å²) in [6, 6.07) is 5.68. The molecule has 1 atom stereocenters. The Hall–Kier alpha value is -2.13. The molecule has 0 radical (unpaired) electrons. The van der Waals surface area contributed by atoms with Crippen LogP contribution in [0.4, 0.5) is 10.1 Å². The van der Waals surface area contributed by atoms with E-state index in [1.54, 1.807) is 6.07 Å². The number of nitrogens with one attached hydrogen (secondary N) is 2. The summed E-state index contributed by atoms with van der Waals surface area (Å²) in [5, 5.41) is 15.1. The molecule has 0 bridgehead atoms. The maximum atomic E-state index is 13.2. The van der Waals surface area contributed by atoms with Crippen molar-refractivity contribution in [3.63, 3.8) is 0 Å². The highest BCUT2D eigenvalue weighted by Gasteiger charge is 2.29. The second-order valence-corrected chi connectivity index (χ2v) is 4.58. The molecular formula is C14H17FN4O. The molecule has 1 unspecified atom stereocenters. The Kier molecular flexibility index (Phi) is 4.53. The van der Waals surface area contributed by atoms with Gasteiger partial charge in [-0.1, -0.05) is 0 Å². The Morgan fingerprint density at radius 2 is 2.45 bits per heavy atom. The molecular weight excluding hydrogens is 259 g/mol. The standard InChI is InChI=1S/C14H17FN4O/c1-2-18-14(20)13-9-17-5-6-19(13)12-4-3-11(15)7-10(12)8-16/h3-4,7,13,17H,2,5-6,9H2,1H3,(H,18,20). The van der Waals surface area contributed by atoms with Crippen LogP contribution in [0, 0.1) is 17.1 Å². The maximum absolute atomic E-state index is 13.2. The summed E-state index contributed by atoms with van der Waals surface area (Å²) < 4.78 is 13.2. The van der Waals surface area contributed by atoms with Crippen molar-refractivity contribution in [1.82, 2.24) is 10.6 Å². The summed E-state index contributed by atoms with van der Waals surface area (Å²) in [6.07, 6.45) is 0. The third kappa shape index (κ3) is 2.89. The molecule has 1 aromatic rings. The number of hydrogen-bond acceptors (Lipinski definition) is 4. The number of amides is 1. The van der Waals surface area contributed by atoms with Crippen LogP contribution < -0.4 is 15.5 Å². The van der Waals surface area contributed by atoms with Gasteiger partial charge in [0.15, 0.2) is 0 Å². The van der Waals surface area contributed by atoms with Gasteiger partial charge in [-0.3, -0.25) is 4.79 Å². The minimum atomic E-state index is -0.449. The number of rotatable bonds is 3. The first kappa shape index (κ1) is 14.3. The molecule has 106 valence electrons. The number of carbonyl (C=O) groups excluding carboxylic acids is 1. The topological polar surface area (TPSA) is 68.2 Å². The highest BCUT2D eigenvalue weighted by atomic mass is 19.1. The Morgan fingerprint density at radius 1 is 1.65 bits per heavy atom. The Bertz CT molecular complexity index is 540. The van der Waals surface area contributed by atoms with Gasteiger partial charge in [0.1, 0.15) is 17.9 Å². The number of halogens is 1. The lowest BCUT2D eigenvalue weighted by Gasteiger charge is -2.37. The lowest BCUT2D eigenvalue weighted by atomic mass is 10.1. The molecule has 1 aliphatic heterocycles. The van der Waals surface area contributed by atoms with Gasteiger partial charge in [-0.15, -0.1) is 0 Å². The van der Waals surface area contributed by atoms with Crippen LogP contribution in [0.3, 0.4) is 0 Å². The molecule has 0 saturated carbocycles. The van der Waals surface area contributed by atoms with Gasteiger partial charge >= 0.3 is 0 Å². The first-order valence-corrected chi connectivity index (χ1v) is 6.62. The molecule has 1 amide bonds. The highest BCUT2D eigenvalue weighted by molar-refractivity contribution is 5.86. The molecule has 0 aromatic heterocycles. The predicted molar refractivity (Wildman–Crippen MR) is 73.8 cm³/mol. The molecule has 2 rings (SSSR count). The van der Waals surface area contributed by atoms with Crippen molar-refractivity contribution in [3.8, 4) is 6.07 Å². The smallest absolute Gasteiger partial charge is 0.244 e. The fourth-order valence-corrected chi connectivity index (χ4v) is 2.37. The van der Waals surface area contributed by atoms with Gasteiger partial charge in [-0.05, 0) is 25.1 Å². The summed E-state index contributed by atoms with van der Waals surface area (Å²) in [7, 11) is 0. The van der Waals surface area contributed by atoms with Crippen LogP contribution in [0.2, 0.25) is 0 Å². The zero-order valence-corrected chi connectivity index (χ0v) is 11.3. The van der Waals surface area contributed by atoms with E-state index in [1.807, 2.05) is 17.9 Å². The van der Waals surface area contributed by atoms with Gasteiger partial charge < -0.3 is 15.5 Å². The van der Waals surface area contributed by atoms with Gasteiger partial charge in [-0.25, -0.2) is 4.39 Å². The Morgan fingerprint density at radius 3 is 3.15 bits per heavy atom. The number of nitrogens with zero attached hydrogens (tertiary/aromatic N) is 2. The van der Waals surface area contributed by atoms with Crippen molar-refractivity contribution in [1.29, 1.82) is 5.26 Å². The van der Waals surface area contributed by atoms with Gasteiger partial charge in [0, 0.05) is 26.2 Å². The highest BCUT2D eigenvalue weighted by Crippen LogP contribution is 2.24. The van der Waals surface area contributed by atoms with E-state index in [1.165, 1.54) is 12.1 Å². The second-order valence-electron chi connectivity index (χ2n) is 4.58. The van der Waals surface area contributed by atoms with E-state index in [2.05, 4.69) is 10.6 Å². The SMILES string of the molecule is CCNC(=O)C1CNCCN1c1ccc(F)cc1C#N. The minimum Gasteiger partial charge on any atom is -0.356 e. The molecule has 1 heterocycles. The van der Waals surface area contributed by atoms with Crippen molar-refractivity contribution in [3.05, 3.63) is 29.6 Å². The monoisotopic (exact) mass is 276 g/mol. The van der Waals surface area contributed by atoms with Crippen LogP contribution in [-0.2, 0) is 4.79 Å².